The lowest BCUT2D eigenvalue weighted by atomic mass is 9.96. The van der Waals surface area contributed by atoms with Gasteiger partial charge in [-0.3, -0.25) is 0 Å². The molecular formula is C20H11FO5. The predicted octanol–water partition coefficient (Wildman–Crippen LogP) is 4.79. The third-order valence-electron chi connectivity index (χ3n) is 4.24. The van der Waals surface area contributed by atoms with E-state index in [1.165, 1.54) is 24.3 Å². The smallest absolute Gasteiger partial charge is 0.339 e. The van der Waals surface area contributed by atoms with Gasteiger partial charge in [-0.2, -0.15) is 0 Å². The summed E-state index contributed by atoms with van der Waals surface area (Å²) in [7, 11) is 0. The van der Waals surface area contributed by atoms with E-state index in [-0.39, 0.29) is 22.3 Å². The number of para-hydroxylation sites is 1. The van der Waals surface area contributed by atoms with Crippen molar-refractivity contribution in [1.29, 1.82) is 0 Å². The number of carbonyl (C=O) groups is 2. The first-order valence-corrected chi connectivity index (χ1v) is 7.68. The highest BCUT2D eigenvalue weighted by atomic mass is 19.1. The molecule has 0 spiro atoms. The molecule has 0 amide bonds. The molecule has 0 bridgehead atoms. The van der Waals surface area contributed by atoms with Gasteiger partial charge in [-0.15, -0.1) is 0 Å². The van der Waals surface area contributed by atoms with E-state index in [4.69, 9.17) is 4.42 Å². The monoisotopic (exact) mass is 350 g/mol. The third kappa shape index (κ3) is 2.31. The Labute approximate surface area is 145 Å². The Morgan fingerprint density at radius 2 is 1.54 bits per heavy atom. The Kier molecular flexibility index (Phi) is 3.47. The van der Waals surface area contributed by atoms with E-state index in [1.54, 1.807) is 30.3 Å². The number of hydrogen-bond acceptors (Lipinski definition) is 3. The minimum Gasteiger partial charge on any atom is -0.478 e. The van der Waals surface area contributed by atoms with Crippen molar-refractivity contribution in [3.63, 3.8) is 0 Å². The Bertz CT molecular complexity index is 1210. The van der Waals surface area contributed by atoms with Crippen LogP contribution < -0.4 is 0 Å². The molecule has 3 aromatic carbocycles. The van der Waals surface area contributed by atoms with Crippen LogP contribution in [0.5, 0.6) is 0 Å². The standard InChI is InChI=1S/C20H11FO5/c21-11-4-1-3-10(9-11)12-7-8-15(20(24)25)18-16(12)13-5-2-6-14(19(22)23)17(13)26-18/h1-9H,(H,22,23)(H,24,25). The zero-order chi connectivity index (χ0) is 18.4. The van der Waals surface area contributed by atoms with Gasteiger partial charge in [0.1, 0.15) is 22.5 Å². The number of benzene rings is 3. The summed E-state index contributed by atoms with van der Waals surface area (Å²) >= 11 is 0. The number of rotatable bonds is 3. The first-order valence-electron chi connectivity index (χ1n) is 7.68. The summed E-state index contributed by atoms with van der Waals surface area (Å²) in [6.07, 6.45) is 0. The molecule has 0 fully saturated rings. The minimum absolute atomic E-state index is 0.0583. The number of carboxylic acid groups (broad SMARTS) is 2. The van der Waals surface area contributed by atoms with Crippen LogP contribution in [-0.4, -0.2) is 22.2 Å². The molecule has 0 aliphatic rings. The van der Waals surface area contributed by atoms with Crippen molar-refractivity contribution in [3.05, 3.63) is 71.5 Å². The molecule has 0 aliphatic heterocycles. The summed E-state index contributed by atoms with van der Waals surface area (Å²) in [4.78, 5) is 23.1. The molecule has 1 heterocycles. The molecule has 4 rings (SSSR count). The molecule has 6 heteroatoms. The molecule has 1 aromatic heterocycles. The number of aromatic carboxylic acids is 2. The zero-order valence-corrected chi connectivity index (χ0v) is 13.2. The Morgan fingerprint density at radius 1 is 0.846 bits per heavy atom. The molecule has 0 aliphatic carbocycles. The number of halogens is 1. The van der Waals surface area contributed by atoms with E-state index >= 15 is 0 Å². The maximum atomic E-state index is 13.7. The van der Waals surface area contributed by atoms with Crippen molar-refractivity contribution in [2.24, 2.45) is 0 Å². The van der Waals surface area contributed by atoms with E-state index in [1.807, 2.05) is 0 Å². The van der Waals surface area contributed by atoms with Crippen LogP contribution in [0.2, 0.25) is 0 Å². The first kappa shape index (κ1) is 15.8. The molecule has 0 atom stereocenters. The van der Waals surface area contributed by atoms with Crippen molar-refractivity contribution in [1.82, 2.24) is 0 Å². The summed E-state index contributed by atoms with van der Waals surface area (Å²) in [5.41, 5.74) is 1.08. The third-order valence-corrected chi connectivity index (χ3v) is 4.24. The maximum absolute atomic E-state index is 13.7. The average Bonchev–Trinajstić information content (AvgIpc) is 3.00. The van der Waals surface area contributed by atoms with E-state index in [0.717, 1.165) is 0 Å². The fraction of sp³-hybridized carbons (Fsp3) is 0. The second-order valence-electron chi connectivity index (χ2n) is 5.77. The number of carboxylic acids is 2. The van der Waals surface area contributed by atoms with Crippen LogP contribution in [0.25, 0.3) is 33.1 Å². The molecular weight excluding hydrogens is 339 g/mol. The maximum Gasteiger partial charge on any atom is 0.339 e. The molecule has 26 heavy (non-hydrogen) atoms. The van der Waals surface area contributed by atoms with Gasteiger partial charge in [0.2, 0.25) is 0 Å². The van der Waals surface area contributed by atoms with Crippen LogP contribution >= 0.6 is 0 Å². The van der Waals surface area contributed by atoms with Gasteiger partial charge >= 0.3 is 11.9 Å². The van der Waals surface area contributed by atoms with Crippen molar-refractivity contribution < 1.29 is 28.6 Å². The van der Waals surface area contributed by atoms with Gasteiger partial charge in [0, 0.05) is 10.8 Å². The predicted molar refractivity (Wildman–Crippen MR) is 93.0 cm³/mol. The van der Waals surface area contributed by atoms with Gasteiger partial charge in [-0.25, -0.2) is 14.0 Å². The van der Waals surface area contributed by atoms with E-state index in [9.17, 15) is 24.2 Å². The van der Waals surface area contributed by atoms with Crippen LogP contribution in [0, 0.1) is 5.82 Å². The molecule has 0 saturated heterocycles. The second-order valence-corrected chi connectivity index (χ2v) is 5.77. The number of furan rings is 1. The topological polar surface area (TPSA) is 87.7 Å². The normalized spacial score (nSPS) is 11.1. The fourth-order valence-electron chi connectivity index (χ4n) is 3.14. The first-order chi connectivity index (χ1) is 12.5. The highest BCUT2D eigenvalue weighted by molar-refractivity contribution is 6.19. The lowest BCUT2D eigenvalue weighted by Gasteiger charge is -2.06. The van der Waals surface area contributed by atoms with E-state index in [0.29, 0.717) is 21.9 Å². The molecule has 0 radical (unpaired) electrons. The zero-order valence-electron chi connectivity index (χ0n) is 13.2. The molecule has 0 saturated carbocycles. The van der Waals surface area contributed by atoms with Crippen molar-refractivity contribution in [2.45, 2.75) is 0 Å². The Hall–Kier alpha value is -3.67. The lowest BCUT2D eigenvalue weighted by Crippen LogP contribution is -1.97. The molecule has 128 valence electrons. The van der Waals surface area contributed by atoms with Crippen LogP contribution in [0.15, 0.2) is 59.0 Å². The summed E-state index contributed by atoms with van der Waals surface area (Å²) in [6.45, 7) is 0. The largest absolute Gasteiger partial charge is 0.478 e. The van der Waals surface area contributed by atoms with E-state index < -0.39 is 17.8 Å². The summed E-state index contributed by atoms with van der Waals surface area (Å²) in [6, 6.07) is 13.4. The number of fused-ring (bicyclic) bond motifs is 3. The van der Waals surface area contributed by atoms with Gasteiger partial charge in [-0.05, 0) is 35.4 Å². The lowest BCUT2D eigenvalue weighted by molar-refractivity contribution is 0.0688. The fourth-order valence-corrected chi connectivity index (χ4v) is 3.14. The molecule has 2 N–H and O–H groups in total. The summed E-state index contributed by atoms with van der Waals surface area (Å²) in [5, 5.41) is 19.7. The van der Waals surface area contributed by atoms with Gasteiger partial charge in [0.15, 0.2) is 5.58 Å². The highest BCUT2D eigenvalue weighted by Gasteiger charge is 2.22. The van der Waals surface area contributed by atoms with Gasteiger partial charge < -0.3 is 14.6 Å². The Balaban J connectivity index is 2.20. The van der Waals surface area contributed by atoms with Gasteiger partial charge in [-0.1, -0.05) is 30.3 Å². The Morgan fingerprint density at radius 3 is 2.23 bits per heavy atom. The van der Waals surface area contributed by atoms with Gasteiger partial charge in [0.25, 0.3) is 0 Å². The summed E-state index contributed by atoms with van der Waals surface area (Å²) in [5.74, 6) is -2.81. The van der Waals surface area contributed by atoms with Crippen LogP contribution in [0.3, 0.4) is 0 Å². The van der Waals surface area contributed by atoms with Crippen LogP contribution in [0.1, 0.15) is 20.7 Å². The van der Waals surface area contributed by atoms with Crippen molar-refractivity contribution in [2.75, 3.05) is 0 Å². The van der Waals surface area contributed by atoms with Gasteiger partial charge in [0.05, 0.1) is 0 Å². The second kappa shape index (κ2) is 5.70. The SMILES string of the molecule is O=C(O)c1cccc2c1oc1c(C(=O)O)ccc(-c3cccc(F)c3)c12. The van der Waals surface area contributed by atoms with Crippen LogP contribution in [0.4, 0.5) is 4.39 Å². The molecule has 4 aromatic rings. The highest BCUT2D eigenvalue weighted by Crippen LogP contribution is 2.39. The van der Waals surface area contributed by atoms with Crippen molar-refractivity contribution >= 4 is 33.9 Å². The van der Waals surface area contributed by atoms with Crippen LogP contribution in [-0.2, 0) is 0 Å². The summed E-state index contributed by atoms with van der Waals surface area (Å²) < 4.78 is 19.3. The van der Waals surface area contributed by atoms with Crippen molar-refractivity contribution in [3.8, 4) is 11.1 Å². The minimum atomic E-state index is -1.20. The molecule has 0 unspecified atom stereocenters. The van der Waals surface area contributed by atoms with E-state index in [2.05, 4.69) is 0 Å². The quantitative estimate of drug-likeness (QED) is 0.555. The number of hydrogen-bond donors (Lipinski definition) is 2. The average molecular weight is 350 g/mol. The molecule has 5 nitrogen and oxygen atoms in total.